The molecule has 0 spiro atoms. The molecule has 0 saturated heterocycles. The molecule has 0 saturated carbocycles. The second kappa shape index (κ2) is 22.3. The molecule has 22 heteroatoms. The van der Waals surface area contributed by atoms with E-state index in [-0.39, 0.29) is 57.1 Å². The Kier molecular flexibility index (Phi) is 19.9. The largest absolute Gasteiger partial charge is 0.480 e. The van der Waals surface area contributed by atoms with Crippen LogP contribution in [0.3, 0.4) is 0 Å². The van der Waals surface area contributed by atoms with Crippen molar-refractivity contribution in [1.29, 1.82) is 10.8 Å². The lowest BCUT2D eigenvalue weighted by Crippen LogP contribution is -2.59. The highest BCUT2D eigenvalue weighted by molar-refractivity contribution is 5.96. The Bertz CT molecular complexity index is 1170. The topological polar surface area (TPSA) is 396 Å². The van der Waals surface area contributed by atoms with E-state index in [1.807, 2.05) is 0 Å². The van der Waals surface area contributed by atoms with E-state index in [1.165, 1.54) is 13.8 Å². The average Bonchev–Trinajstić information content (AvgIpc) is 3.00. The van der Waals surface area contributed by atoms with Gasteiger partial charge < -0.3 is 70.4 Å². The third-order valence-corrected chi connectivity index (χ3v) is 6.57. The van der Waals surface area contributed by atoms with Gasteiger partial charge in [-0.25, -0.2) is 0 Å². The molecule has 0 heterocycles. The predicted molar refractivity (Wildman–Crippen MR) is 170 cm³/mol. The molecule has 0 aliphatic rings. The summed E-state index contributed by atoms with van der Waals surface area (Å²) in [4.78, 5) is 86.8. The van der Waals surface area contributed by atoms with Gasteiger partial charge in [0.2, 0.25) is 35.4 Å². The fourth-order valence-corrected chi connectivity index (χ4v) is 3.83. The lowest BCUT2D eigenvalue weighted by atomic mass is 10.1. The number of carboxylic acids is 1. The van der Waals surface area contributed by atoms with Crippen molar-refractivity contribution in [1.82, 2.24) is 37.2 Å². The number of hydrogen-bond donors (Lipinski definition) is 15. The smallest absolute Gasteiger partial charge is 0.325 e. The quantitative estimate of drug-likeness (QED) is 0.0270. The number of rotatable bonds is 23. The van der Waals surface area contributed by atoms with Crippen molar-refractivity contribution in [2.24, 2.45) is 22.9 Å². The zero-order valence-corrected chi connectivity index (χ0v) is 26.9. The molecule has 0 aromatic rings. The number of aliphatic hydroxyl groups excluding tert-OH is 1. The van der Waals surface area contributed by atoms with Gasteiger partial charge in [0.05, 0.1) is 12.6 Å². The van der Waals surface area contributed by atoms with E-state index in [1.54, 1.807) is 0 Å². The summed E-state index contributed by atoms with van der Waals surface area (Å²) < 4.78 is 0. The number of carbonyl (C=O) groups is 7. The van der Waals surface area contributed by atoms with E-state index in [9.17, 15) is 38.7 Å². The van der Waals surface area contributed by atoms with Crippen molar-refractivity contribution < 1.29 is 43.8 Å². The second-order valence-corrected chi connectivity index (χ2v) is 10.7. The number of aliphatic carboxylic acids is 1. The molecule has 0 fully saturated rings. The van der Waals surface area contributed by atoms with Gasteiger partial charge in [-0.15, -0.1) is 0 Å². The van der Waals surface area contributed by atoms with Crippen molar-refractivity contribution in [3.05, 3.63) is 0 Å². The van der Waals surface area contributed by atoms with Crippen LogP contribution in [-0.4, -0.2) is 119 Å². The first-order valence-electron chi connectivity index (χ1n) is 14.9. The summed E-state index contributed by atoms with van der Waals surface area (Å²) in [6.07, 6.45) is 0.0967. The van der Waals surface area contributed by atoms with Gasteiger partial charge in [0.1, 0.15) is 30.2 Å². The van der Waals surface area contributed by atoms with Crippen LogP contribution in [0.15, 0.2) is 0 Å². The van der Waals surface area contributed by atoms with Crippen LogP contribution in [0.5, 0.6) is 0 Å². The summed E-state index contributed by atoms with van der Waals surface area (Å²) in [7, 11) is 0. The zero-order valence-electron chi connectivity index (χ0n) is 26.9. The molecule has 6 atom stereocenters. The second-order valence-electron chi connectivity index (χ2n) is 10.7. The van der Waals surface area contributed by atoms with Gasteiger partial charge in [0, 0.05) is 19.5 Å². The van der Waals surface area contributed by atoms with Crippen molar-refractivity contribution in [2.75, 3.05) is 19.7 Å². The highest BCUT2D eigenvalue weighted by Gasteiger charge is 2.31. The summed E-state index contributed by atoms with van der Waals surface area (Å²) in [5, 5.41) is 49.6. The molecule has 0 radical (unpaired) electrons. The third kappa shape index (κ3) is 18.0. The summed E-state index contributed by atoms with van der Waals surface area (Å²) in [6.45, 7) is 1.94. The fourth-order valence-electron chi connectivity index (χ4n) is 3.83. The molecule has 0 aromatic carbocycles. The first kappa shape index (κ1) is 42.8. The van der Waals surface area contributed by atoms with E-state index in [2.05, 4.69) is 37.2 Å². The number of carboxylic acid groups (broad SMARTS) is 1. The minimum absolute atomic E-state index is 0.0555. The summed E-state index contributed by atoms with van der Waals surface area (Å²) in [5.41, 5.74) is 21.6. The normalized spacial score (nSPS) is 14.3. The lowest BCUT2D eigenvalue weighted by molar-refractivity contribution is -0.142. The minimum atomic E-state index is -1.54. The molecule has 6 amide bonds. The molecular weight excluding hydrogens is 638 g/mol. The summed E-state index contributed by atoms with van der Waals surface area (Å²) in [5.74, 6) is -7.11. The number of guanidine groups is 2. The Morgan fingerprint density at radius 1 is 0.625 bits per heavy atom. The Morgan fingerprint density at radius 3 is 1.56 bits per heavy atom. The van der Waals surface area contributed by atoms with Crippen molar-refractivity contribution >= 4 is 53.3 Å². The maximum absolute atomic E-state index is 13.3. The summed E-state index contributed by atoms with van der Waals surface area (Å²) in [6, 6.07) is -7.94. The molecule has 0 aromatic heterocycles. The van der Waals surface area contributed by atoms with Gasteiger partial charge in [0.25, 0.3) is 0 Å². The maximum atomic E-state index is 13.3. The minimum Gasteiger partial charge on any atom is -0.480 e. The van der Waals surface area contributed by atoms with Crippen LogP contribution in [0.25, 0.3) is 0 Å². The number of aliphatic hydroxyl groups is 1. The Morgan fingerprint density at radius 2 is 1.06 bits per heavy atom. The molecular formula is C26H49N13O9. The summed E-state index contributed by atoms with van der Waals surface area (Å²) >= 11 is 0. The standard InChI is InChI=1S/C26H49N13O9/c1-12(19(42)39-17(11-40)23(46)36-13(2)24(47)48)35-21(44)15(6-4-10-34-26(31)32)38-22(45)16(7-8-18(28)41)37-20(43)14(27)5-3-9-33-25(29)30/h12-17,40H,3-11,27H2,1-2H3,(H2,28,41)(H,35,44)(H,36,46)(H,37,43)(H,38,45)(H,39,42)(H,47,48)(H4,29,30,33)(H4,31,32,34)/t12-,13-,14-,15-,16-,17-/m0/s1. The number of primary amides is 1. The SMILES string of the molecule is C[C@H](NC(=O)[C@H](CO)NC(=O)[C@H](C)NC(=O)[C@H](CCCNC(=N)N)NC(=O)[C@H](CCC(N)=O)NC(=O)[C@@H](N)CCCNC(=N)N)C(=O)O. The molecule has 0 unspecified atom stereocenters. The number of hydrogen-bond acceptors (Lipinski definition) is 11. The number of amides is 6. The van der Waals surface area contributed by atoms with Crippen molar-refractivity contribution in [2.45, 2.75) is 88.6 Å². The van der Waals surface area contributed by atoms with Crippen LogP contribution in [0.2, 0.25) is 0 Å². The van der Waals surface area contributed by atoms with E-state index < -0.39 is 84.3 Å². The third-order valence-electron chi connectivity index (χ3n) is 6.57. The highest BCUT2D eigenvalue weighted by atomic mass is 16.4. The lowest BCUT2D eigenvalue weighted by Gasteiger charge is -2.25. The average molecular weight is 688 g/mol. The maximum Gasteiger partial charge on any atom is 0.325 e. The number of carbonyl (C=O) groups excluding carboxylic acids is 6. The van der Waals surface area contributed by atoms with Crippen LogP contribution < -0.4 is 60.2 Å². The Balaban J connectivity index is 5.72. The number of nitrogens with one attached hydrogen (secondary N) is 9. The van der Waals surface area contributed by atoms with E-state index in [0.29, 0.717) is 6.42 Å². The highest BCUT2D eigenvalue weighted by Crippen LogP contribution is 2.05. The van der Waals surface area contributed by atoms with Gasteiger partial charge in [-0.1, -0.05) is 0 Å². The molecule has 0 aliphatic carbocycles. The van der Waals surface area contributed by atoms with E-state index in [0.717, 1.165) is 0 Å². The van der Waals surface area contributed by atoms with Crippen LogP contribution in [0, 0.1) is 10.8 Å². The van der Waals surface area contributed by atoms with Crippen molar-refractivity contribution in [3.8, 4) is 0 Å². The van der Waals surface area contributed by atoms with Gasteiger partial charge in [-0.05, 0) is 46.0 Å². The molecule has 19 N–H and O–H groups in total. The first-order valence-corrected chi connectivity index (χ1v) is 14.9. The zero-order chi connectivity index (χ0) is 37.0. The van der Waals surface area contributed by atoms with Gasteiger partial charge in [-0.2, -0.15) is 0 Å². The van der Waals surface area contributed by atoms with Crippen LogP contribution >= 0.6 is 0 Å². The molecule has 0 aliphatic heterocycles. The van der Waals surface area contributed by atoms with E-state index >= 15 is 0 Å². The van der Waals surface area contributed by atoms with Crippen molar-refractivity contribution in [3.63, 3.8) is 0 Å². The molecule has 0 bridgehead atoms. The van der Waals surface area contributed by atoms with Gasteiger partial charge in [-0.3, -0.25) is 44.4 Å². The monoisotopic (exact) mass is 687 g/mol. The number of nitrogens with two attached hydrogens (primary N) is 4. The first-order chi connectivity index (χ1) is 22.4. The van der Waals surface area contributed by atoms with Gasteiger partial charge in [0.15, 0.2) is 11.9 Å². The molecule has 272 valence electrons. The van der Waals surface area contributed by atoms with Crippen LogP contribution in [0.1, 0.15) is 52.4 Å². The molecule has 48 heavy (non-hydrogen) atoms. The van der Waals surface area contributed by atoms with E-state index in [4.69, 9.17) is 38.9 Å². The predicted octanol–water partition coefficient (Wildman–Crippen LogP) is -6.35. The van der Waals surface area contributed by atoms with Crippen LogP contribution in [0.4, 0.5) is 0 Å². The molecule has 22 nitrogen and oxygen atoms in total. The Labute approximate surface area is 276 Å². The van der Waals surface area contributed by atoms with Gasteiger partial charge >= 0.3 is 5.97 Å². The molecule has 0 rings (SSSR count). The Hall–Kier alpha value is -5.25. The van der Waals surface area contributed by atoms with Crippen LogP contribution in [-0.2, 0) is 33.6 Å². The fraction of sp³-hybridized carbons (Fsp3) is 0.654.